The molecular weight excluding hydrogens is 396 g/mol. The second kappa shape index (κ2) is 11.0. The minimum atomic E-state index is -0.823. The van der Waals surface area contributed by atoms with Crippen LogP contribution in [0.2, 0.25) is 0 Å². The van der Waals surface area contributed by atoms with Crippen molar-refractivity contribution in [1.29, 1.82) is 0 Å². The molecule has 1 amide bonds. The van der Waals surface area contributed by atoms with E-state index in [0.717, 1.165) is 38.2 Å². The van der Waals surface area contributed by atoms with Crippen molar-refractivity contribution < 1.29 is 24.5 Å². The molecular formula is C24H32N2O5. The predicted molar refractivity (Wildman–Crippen MR) is 120 cm³/mol. The highest BCUT2D eigenvalue weighted by atomic mass is 16.5. The van der Waals surface area contributed by atoms with Gasteiger partial charge in [-0.2, -0.15) is 0 Å². The Labute approximate surface area is 183 Å². The number of amides is 1. The van der Waals surface area contributed by atoms with Crippen LogP contribution in [0.5, 0.6) is 17.2 Å². The van der Waals surface area contributed by atoms with Crippen LogP contribution in [0.3, 0.4) is 0 Å². The van der Waals surface area contributed by atoms with E-state index in [4.69, 9.17) is 9.47 Å². The van der Waals surface area contributed by atoms with Crippen LogP contribution >= 0.6 is 0 Å². The Morgan fingerprint density at radius 1 is 1.19 bits per heavy atom. The lowest BCUT2D eigenvalue weighted by Gasteiger charge is -2.24. The fourth-order valence-corrected chi connectivity index (χ4v) is 3.55. The molecule has 0 fully saturated rings. The number of carbonyl (C=O) groups excluding carboxylic acids is 1. The highest BCUT2D eigenvalue weighted by molar-refractivity contribution is 5.97. The topological polar surface area (TPSA) is 100 Å². The molecule has 0 saturated heterocycles. The SMILES string of the molecule is CCCCOc1ccc(CC(C)CNCC(O)c2ccc(O)c3c2OCC(=O)N3)cc1. The normalized spacial score (nSPS) is 14.9. The van der Waals surface area contributed by atoms with Gasteiger partial charge in [0.25, 0.3) is 5.91 Å². The average molecular weight is 429 g/mol. The highest BCUT2D eigenvalue weighted by Gasteiger charge is 2.25. The number of unbranched alkanes of at least 4 members (excludes halogenated alkanes) is 1. The third-order valence-corrected chi connectivity index (χ3v) is 5.24. The smallest absolute Gasteiger partial charge is 0.262 e. The number of aliphatic hydroxyl groups is 1. The lowest BCUT2D eigenvalue weighted by atomic mass is 10.0. The van der Waals surface area contributed by atoms with Gasteiger partial charge in [0, 0.05) is 12.1 Å². The van der Waals surface area contributed by atoms with Crippen molar-refractivity contribution in [3.63, 3.8) is 0 Å². The second-order valence-corrected chi connectivity index (χ2v) is 8.04. The predicted octanol–water partition coefficient (Wildman–Crippen LogP) is 3.40. The largest absolute Gasteiger partial charge is 0.506 e. The molecule has 0 spiro atoms. The molecule has 0 aliphatic carbocycles. The van der Waals surface area contributed by atoms with Crippen LogP contribution in [0, 0.1) is 5.92 Å². The summed E-state index contributed by atoms with van der Waals surface area (Å²) in [5.41, 5.74) is 1.99. The summed E-state index contributed by atoms with van der Waals surface area (Å²) in [6.07, 6.45) is 2.28. The number of anilines is 1. The summed E-state index contributed by atoms with van der Waals surface area (Å²) in [5, 5.41) is 26.4. The van der Waals surface area contributed by atoms with Crippen LogP contribution in [0.1, 0.15) is 43.9 Å². The summed E-state index contributed by atoms with van der Waals surface area (Å²) in [4.78, 5) is 11.5. The fraction of sp³-hybridized carbons (Fsp3) is 0.458. The molecule has 0 saturated carbocycles. The first-order valence-electron chi connectivity index (χ1n) is 10.9. The number of rotatable bonds is 11. The zero-order valence-electron chi connectivity index (χ0n) is 18.2. The monoisotopic (exact) mass is 428 g/mol. The van der Waals surface area contributed by atoms with Gasteiger partial charge in [0.1, 0.15) is 17.2 Å². The van der Waals surface area contributed by atoms with E-state index in [9.17, 15) is 15.0 Å². The van der Waals surface area contributed by atoms with Crippen molar-refractivity contribution in [3.05, 3.63) is 47.5 Å². The summed E-state index contributed by atoms with van der Waals surface area (Å²) >= 11 is 0. The minimum absolute atomic E-state index is 0.0811. The van der Waals surface area contributed by atoms with Gasteiger partial charge in [-0.05, 0) is 55.1 Å². The molecule has 4 N–H and O–H groups in total. The number of hydrogen-bond donors (Lipinski definition) is 4. The Morgan fingerprint density at radius 3 is 2.71 bits per heavy atom. The molecule has 0 aromatic heterocycles. The molecule has 3 rings (SSSR count). The molecule has 2 aromatic rings. The van der Waals surface area contributed by atoms with Crippen LogP contribution in [0.4, 0.5) is 5.69 Å². The zero-order valence-corrected chi connectivity index (χ0v) is 18.2. The Balaban J connectivity index is 1.47. The molecule has 0 bridgehead atoms. The third-order valence-electron chi connectivity index (χ3n) is 5.24. The molecule has 1 aliphatic heterocycles. The molecule has 1 aliphatic rings. The quantitative estimate of drug-likeness (QED) is 0.323. The Morgan fingerprint density at radius 2 is 1.97 bits per heavy atom. The molecule has 31 heavy (non-hydrogen) atoms. The van der Waals surface area contributed by atoms with Crippen LogP contribution < -0.4 is 20.1 Å². The van der Waals surface area contributed by atoms with Gasteiger partial charge >= 0.3 is 0 Å². The van der Waals surface area contributed by atoms with Gasteiger partial charge in [0.15, 0.2) is 12.4 Å². The molecule has 7 heteroatoms. The summed E-state index contributed by atoms with van der Waals surface area (Å²) in [6.45, 7) is 5.99. The van der Waals surface area contributed by atoms with Gasteiger partial charge in [-0.1, -0.05) is 32.4 Å². The van der Waals surface area contributed by atoms with Gasteiger partial charge in [-0.15, -0.1) is 0 Å². The van der Waals surface area contributed by atoms with Crippen LogP contribution in [-0.4, -0.2) is 42.4 Å². The van der Waals surface area contributed by atoms with Gasteiger partial charge < -0.3 is 30.3 Å². The van der Waals surface area contributed by atoms with Crippen molar-refractivity contribution >= 4 is 11.6 Å². The average Bonchev–Trinajstić information content (AvgIpc) is 2.75. The van der Waals surface area contributed by atoms with Crippen LogP contribution in [-0.2, 0) is 11.2 Å². The highest BCUT2D eigenvalue weighted by Crippen LogP contribution is 2.41. The van der Waals surface area contributed by atoms with Crippen LogP contribution in [0.15, 0.2) is 36.4 Å². The number of carbonyl (C=O) groups is 1. The standard InChI is InChI=1S/C24H32N2O5/c1-3-4-11-30-18-7-5-17(6-8-18)12-16(2)13-25-14-21(28)19-9-10-20(27)23-24(19)31-15-22(29)26-23/h5-10,16,21,25,27-28H,3-4,11-15H2,1-2H3,(H,26,29). The number of phenols is 1. The van der Waals surface area contributed by atoms with Crippen molar-refractivity contribution in [3.8, 4) is 17.2 Å². The first-order chi connectivity index (χ1) is 15.0. The summed E-state index contributed by atoms with van der Waals surface area (Å²) in [7, 11) is 0. The lowest BCUT2D eigenvalue weighted by Crippen LogP contribution is -2.29. The van der Waals surface area contributed by atoms with Crippen molar-refractivity contribution in [2.24, 2.45) is 5.92 Å². The zero-order chi connectivity index (χ0) is 22.2. The number of ether oxygens (including phenoxy) is 2. The number of phenolic OH excluding ortho intramolecular Hbond substituents is 1. The third kappa shape index (κ3) is 6.35. The number of aromatic hydroxyl groups is 1. The molecule has 7 nitrogen and oxygen atoms in total. The van der Waals surface area contributed by atoms with Crippen molar-refractivity contribution in [2.75, 3.05) is 31.6 Å². The molecule has 1 heterocycles. The molecule has 2 unspecified atom stereocenters. The number of benzene rings is 2. The number of aliphatic hydroxyl groups excluding tert-OH is 1. The maximum absolute atomic E-state index is 11.5. The molecule has 2 aromatic carbocycles. The van der Waals surface area contributed by atoms with E-state index in [2.05, 4.69) is 36.6 Å². The number of hydrogen-bond acceptors (Lipinski definition) is 6. The Hall–Kier alpha value is -2.77. The van der Waals surface area contributed by atoms with Gasteiger partial charge in [-0.3, -0.25) is 4.79 Å². The van der Waals surface area contributed by atoms with Crippen molar-refractivity contribution in [2.45, 2.75) is 39.2 Å². The second-order valence-electron chi connectivity index (χ2n) is 8.04. The van der Waals surface area contributed by atoms with E-state index in [1.165, 1.54) is 11.6 Å². The number of fused-ring (bicyclic) bond motifs is 1. The summed E-state index contributed by atoms with van der Waals surface area (Å²) < 4.78 is 11.1. The van der Waals surface area contributed by atoms with Gasteiger partial charge in [0.05, 0.1) is 12.7 Å². The summed E-state index contributed by atoms with van der Waals surface area (Å²) in [5.74, 6) is 1.19. The lowest BCUT2D eigenvalue weighted by molar-refractivity contribution is -0.118. The maximum Gasteiger partial charge on any atom is 0.262 e. The Bertz CT molecular complexity index is 869. The van der Waals surface area contributed by atoms with Gasteiger partial charge in [0.2, 0.25) is 0 Å². The van der Waals surface area contributed by atoms with E-state index in [1.54, 1.807) is 6.07 Å². The van der Waals surface area contributed by atoms with E-state index >= 15 is 0 Å². The fourth-order valence-electron chi connectivity index (χ4n) is 3.55. The van der Waals surface area contributed by atoms with Crippen molar-refractivity contribution in [1.82, 2.24) is 5.32 Å². The van der Waals surface area contributed by atoms with E-state index < -0.39 is 6.10 Å². The van der Waals surface area contributed by atoms with Crippen LogP contribution in [0.25, 0.3) is 0 Å². The minimum Gasteiger partial charge on any atom is -0.506 e. The van der Waals surface area contributed by atoms with E-state index in [0.29, 0.717) is 23.8 Å². The first kappa shape index (κ1) is 22.9. The first-order valence-corrected chi connectivity index (χ1v) is 10.9. The summed E-state index contributed by atoms with van der Waals surface area (Å²) in [6, 6.07) is 11.3. The number of nitrogens with one attached hydrogen (secondary N) is 2. The molecule has 2 atom stereocenters. The van der Waals surface area contributed by atoms with Gasteiger partial charge in [-0.25, -0.2) is 0 Å². The van der Waals surface area contributed by atoms with E-state index in [1.807, 2.05) is 12.1 Å². The molecule has 0 radical (unpaired) electrons. The Kier molecular flexibility index (Phi) is 8.14. The molecule has 168 valence electrons. The van der Waals surface area contributed by atoms with E-state index in [-0.39, 0.29) is 24.0 Å². The maximum atomic E-state index is 11.5.